The van der Waals surface area contributed by atoms with Gasteiger partial charge in [-0.1, -0.05) is 0 Å². The summed E-state index contributed by atoms with van der Waals surface area (Å²) in [6.07, 6.45) is 4.71. The zero-order chi connectivity index (χ0) is 14.8. The molecule has 0 amide bonds. The molecule has 0 aliphatic carbocycles. The number of nitrogens with zero attached hydrogens (tertiary/aromatic N) is 3. The van der Waals surface area contributed by atoms with Crippen LogP contribution < -0.4 is 11.1 Å². The van der Waals surface area contributed by atoms with Gasteiger partial charge in [-0.15, -0.1) is 0 Å². The topological polar surface area (TPSA) is 133 Å². The minimum Gasteiger partial charge on any atom is -0.397 e. The third-order valence-corrected chi connectivity index (χ3v) is 2.94. The van der Waals surface area contributed by atoms with Crippen LogP contribution in [-0.4, -0.2) is 32.4 Å². The van der Waals surface area contributed by atoms with E-state index >= 15 is 0 Å². The molecule has 5 N–H and O–H groups in total. The minimum absolute atomic E-state index is 0.416. The molecule has 0 saturated carbocycles. The summed E-state index contributed by atoms with van der Waals surface area (Å²) in [6, 6.07) is 3.29. The zero-order valence-corrected chi connectivity index (χ0v) is 10.8. The molecule has 8 nitrogen and oxygen atoms in total. The summed E-state index contributed by atoms with van der Waals surface area (Å²) in [4.78, 5) is 26.0. The molecule has 3 heterocycles. The van der Waals surface area contributed by atoms with Gasteiger partial charge in [-0.25, -0.2) is 15.0 Å². The van der Waals surface area contributed by atoms with Crippen LogP contribution in [0, 0.1) is 5.41 Å². The Kier molecular flexibility index (Phi) is 3.03. The predicted octanol–water partition coefficient (Wildman–Crippen LogP) is 1.49. The number of aromatic amines is 1. The number of H-pyrrole nitrogens is 1. The lowest BCUT2D eigenvalue weighted by Crippen LogP contribution is -2.00. The van der Waals surface area contributed by atoms with Crippen LogP contribution in [0.4, 0.5) is 17.3 Å². The number of nitrogens with two attached hydrogens (primary N) is 1. The van der Waals surface area contributed by atoms with Crippen LogP contribution in [-0.2, 0) is 0 Å². The summed E-state index contributed by atoms with van der Waals surface area (Å²) in [5.74, 6) is 1.01. The molecule has 3 aromatic heterocycles. The Bertz CT molecular complexity index is 840. The SMILES string of the molecule is N=Cc1cc(Nc2ncnc3[nH]c(C=O)cc23)ncc1N. The number of aromatic nitrogens is 4. The molecule has 0 fully saturated rings. The van der Waals surface area contributed by atoms with Crippen molar-refractivity contribution in [3.05, 3.63) is 35.9 Å². The third-order valence-electron chi connectivity index (χ3n) is 2.94. The summed E-state index contributed by atoms with van der Waals surface area (Å²) in [5.41, 5.74) is 7.64. The molecule has 21 heavy (non-hydrogen) atoms. The van der Waals surface area contributed by atoms with E-state index in [2.05, 4.69) is 25.3 Å². The van der Waals surface area contributed by atoms with Gasteiger partial charge in [0.15, 0.2) is 6.29 Å². The second-order valence-corrected chi connectivity index (χ2v) is 4.29. The number of rotatable bonds is 4. The number of hydrogen-bond acceptors (Lipinski definition) is 7. The number of nitrogens with one attached hydrogen (secondary N) is 3. The van der Waals surface area contributed by atoms with E-state index in [-0.39, 0.29) is 0 Å². The first-order valence-corrected chi connectivity index (χ1v) is 6.03. The molecule has 3 aromatic rings. The van der Waals surface area contributed by atoms with Crippen molar-refractivity contribution in [2.75, 3.05) is 11.1 Å². The number of anilines is 3. The van der Waals surface area contributed by atoms with Gasteiger partial charge >= 0.3 is 0 Å². The summed E-state index contributed by atoms with van der Waals surface area (Å²) < 4.78 is 0. The average Bonchev–Trinajstić information content (AvgIpc) is 2.93. The van der Waals surface area contributed by atoms with Gasteiger partial charge in [0.05, 0.1) is 23.0 Å². The largest absolute Gasteiger partial charge is 0.397 e. The van der Waals surface area contributed by atoms with Gasteiger partial charge in [0.2, 0.25) is 0 Å². The molecule has 104 valence electrons. The molecule has 0 atom stereocenters. The molecule has 0 saturated heterocycles. The maximum atomic E-state index is 10.8. The van der Waals surface area contributed by atoms with Gasteiger partial charge in [0, 0.05) is 11.8 Å². The van der Waals surface area contributed by atoms with E-state index in [0.29, 0.717) is 45.9 Å². The first-order chi connectivity index (χ1) is 10.2. The van der Waals surface area contributed by atoms with E-state index in [9.17, 15) is 4.79 Å². The second-order valence-electron chi connectivity index (χ2n) is 4.29. The molecule has 3 rings (SSSR count). The summed E-state index contributed by atoms with van der Waals surface area (Å²) >= 11 is 0. The Morgan fingerprint density at radius 1 is 1.29 bits per heavy atom. The zero-order valence-electron chi connectivity index (χ0n) is 10.8. The van der Waals surface area contributed by atoms with Gasteiger partial charge in [-0.3, -0.25) is 4.79 Å². The summed E-state index contributed by atoms with van der Waals surface area (Å²) in [7, 11) is 0. The number of pyridine rings is 1. The van der Waals surface area contributed by atoms with E-state index in [0.717, 1.165) is 6.21 Å². The fraction of sp³-hybridized carbons (Fsp3) is 0. The van der Waals surface area contributed by atoms with Crippen molar-refractivity contribution in [2.24, 2.45) is 0 Å². The highest BCUT2D eigenvalue weighted by atomic mass is 16.1. The van der Waals surface area contributed by atoms with E-state index in [4.69, 9.17) is 11.1 Å². The van der Waals surface area contributed by atoms with Crippen LogP contribution in [0.1, 0.15) is 16.1 Å². The van der Waals surface area contributed by atoms with Crippen LogP contribution in [0.15, 0.2) is 24.7 Å². The normalized spacial score (nSPS) is 10.5. The minimum atomic E-state index is 0.416. The maximum absolute atomic E-state index is 10.8. The van der Waals surface area contributed by atoms with Crippen molar-refractivity contribution in [1.82, 2.24) is 19.9 Å². The Labute approximate surface area is 119 Å². The number of carbonyl (C=O) groups is 1. The molecule has 8 heteroatoms. The monoisotopic (exact) mass is 281 g/mol. The van der Waals surface area contributed by atoms with Crippen LogP contribution in [0.5, 0.6) is 0 Å². The quantitative estimate of drug-likeness (QED) is 0.423. The number of aldehydes is 1. The molecule has 0 aliphatic heterocycles. The highest BCUT2D eigenvalue weighted by molar-refractivity contribution is 5.94. The molecule has 0 unspecified atom stereocenters. The lowest BCUT2D eigenvalue weighted by molar-refractivity contribution is 0.112. The van der Waals surface area contributed by atoms with Crippen LogP contribution in [0.25, 0.3) is 11.0 Å². The fourth-order valence-corrected chi connectivity index (χ4v) is 1.92. The highest BCUT2D eigenvalue weighted by Crippen LogP contribution is 2.23. The number of fused-ring (bicyclic) bond motifs is 1. The van der Waals surface area contributed by atoms with Crippen LogP contribution in [0.2, 0.25) is 0 Å². The summed E-state index contributed by atoms with van der Waals surface area (Å²) in [5, 5.41) is 11.0. The van der Waals surface area contributed by atoms with Crippen LogP contribution >= 0.6 is 0 Å². The van der Waals surface area contributed by atoms with Gasteiger partial charge in [0.1, 0.15) is 23.6 Å². The molecule has 0 aliphatic rings. The lowest BCUT2D eigenvalue weighted by atomic mass is 10.2. The van der Waals surface area contributed by atoms with Crippen molar-refractivity contribution in [1.29, 1.82) is 5.41 Å². The molecular weight excluding hydrogens is 270 g/mol. The van der Waals surface area contributed by atoms with Crippen molar-refractivity contribution in [3.63, 3.8) is 0 Å². The van der Waals surface area contributed by atoms with E-state index in [1.807, 2.05) is 0 Å². The number of hydrogen-bond donors (Lipinski definition) is 4. The van der Waals surface area contributed by atoms with Gasteiger partial charge < -0.3 is 21.4 Å². The Morgan fingerprint density at radius 3 is 2.90 bits per heavy atom. The predicted molar refractivity (Wildman–Crippen MR) is 79.1 cm³/mol. The van der Waals surface area contributed by atoms with Crippen molar-refractivity contribution < 1.29 is 4.79 Å². The van der Waals surface area contributed by atoms with Gasteiger partial charge in [-0.05, 0) is 12.1 Å². The average molecular weight is 281 g/mol. The maximum Gasteiger partial charge on any atom is 0.166 e. The third kappa shape index (κ3) is 2.29. The first-order valence-electron chi connectivity index (χ1n) is 6.03. The first kappa shape index (κ1) is 12.7. The highest BCUT2D eigenvalue weighted by Gasteiger charge is 2.09. The van der Waals surface area contributed by atoms with Crippen molar-refractivity contribution >= 4 is 40.9 Å². The van der Waals surface area contributed by atoms with E-state index in [1.54, 1.807) is 12.1 Å². The summed E-state index contributed by atoms with van der Waals surface area (Å²) in [6.45, 7) is 0. The number of nitrogen functional groups attached to an aromatic ring is 1. The number of carbonyl (C=O) groups excluding carboxylic acids is 1. The van der Waals surface area contributed by atoms with E-state index < -0.39 is 0 Å². The second kappa shape index (κ2) is 5.00. The molecular formula is C13H11N7O. The van der Waals surface area contributed by atoms with Gasteiger partial charge in [0.25, 0.3) is 0 Å². The molecule has 0 aromatic carbocycles. The Balaban J connectivity index is 2.03. The van der Waals surface area contributed by atoms with Crippen molar-refractivity contribution in [3.8, 4) is 0 Å². The molecule has 0 bridgehead atoms. The Hall–Kier alpha value is -3.29. The Morgan fingerprint density at radius 2 is 2.14 bits per heavy atom. The standard InChI is InChI=1S/C13H11N7O/c14-3-7-1-11(16-4-10(7)15)20-13-9-2-8(5-21)19-12(9)17-6-18-13/h1-6,14H,15H2,(H2,16,17,18,19,20). The lowest BCUT2D eigenvalue weighted by Gasteiger charge is -2.07. The van der Waals surface area contributed by atoms with Crippen molar-refractivity contribution in [2.45, 2.75) is 0 Å². The van der Waals surface area contributed by atoms with Crippen LogP contribution in [0.3, 0.4) is 0 Å². The fourth-order valence-electron chi connectivity index (χ4n) is 1.92. The van der Waals surface area contributed by atoms with E-state index in [1.165, 1.54) is 12.5 Å². The molecule has 0 radical (unpaired) electrons. The van der Waals surface area contributed by atoms with Gasteiger partial charge in [-0.2, -0.15) is 0 Å². The smallest absolute Gasteiger partial charge is 0.166 e. The molecule has 0 spiro atoms.